The minimum absolute atomic E-state index is 0.251. The topological polar surface area (TPSA) is 9.23 Å². The van der Waals surface area contributed by atoms with Gasteiger partial charge in [0, 0.05) is 22.7 Å². The molecular weight excluding hydrogens is 665 g/mol. The Bertz CT molecular complexity index is 1080. The maximum atomic E-state index is 6.67. The maximum Gasteiger partial charge on any atom is 0.0563 e. The van der Waals surface area contributed by atoms with Gasteiger partial charge in [0.1, 0.15) is 0 Å². The molecule has 312 valence electrons. The summed E-state index contributed by atoms with van der Waals surface area (Å²) in [7, 11) is 0. The molecule has 4 fully saturated rings. The van der Waals surface area contributed by atoms with Gasteiger partial charge in [-0.05, 0) is 98.7 Å². The molecule has 6 rings (SSSR count). The van der Waals surface area contributed by atoms with E-state index in [1.165, 1.54) is 193 Å². The zero-order valence-electron chi connectivity index (χ0n) is 37.1. The van der Waals surface area contributed by atoms with Crippen LogP contribution in [0.15, 0.2) is 48.6 Å². The Labute approximate surface area is 342 Å². The highest BCUT2D eigenvalue weighted by Gasteiger charge is 2.55. The number of ether oxygens (including phenoxy) is 1. The molecule has 0 aromatic heterocycles. The van der Waals surface area contributed by atoms with Gasteiger partial charge in [-0.25, -0.2) is 0 Å². The highest BCUT2D eigenvalue weighted by molar-refractivity contribution is 5.28. The van der Waals surface area contributed by atoms with Gasteiger partial charge < -0.3 is 4.74 Å². The van der Waals surface area contributed by atoms with Crippen molar-refractivity contribution < 1.29 is 4.74 Å². The summed E-state index contributed by atoms with van der Waals surface area (Å²) in [5.74, 6) is 4.65. The first-order chi connectivity index (χ1) is 27.0. The van der Waals surface area contributed by atoms with Gasteiger partial charge in [0.2, 0.25) is 0 Å². The van der Waals surface area contributed by atoms with Crippen LogP contribution in [-0.2, 0) is 4.74 Å². The van der Waals surface area contributed by atoms with Crippen molar-refractivity contribution in [3.8, 4) is 0 Å². The predicted octanol–water partition coefficient (Wildman–Crippen LogP) is 16.7. The third-order valence-electron chi connectivity index (χ3n) is 17.6. The predicted molar refractivity (Wildman–Crippen MR) is 239 cm³/mol. The number of allylic oxidation sites excluding steroid dienone is 4. The summed E-state index contributed by atoms with van der Waals surface area (Å²) in [6.07, 6.45) is 64.5. The minimum Gasteiger partial charge on any atom is -0.380 e. The third-order valence-corrected chi connectivity index (χ3v) is 17.6. The Kier molecular flexibility index (Phi) is 16.8. The molecule has 0 atom stereocenters. The van der Waals surface area contributed by atoms with Crippen molar-refractivity contribution in [3.63, 3.8) is 0 Å². The van der Waals surface area contributed by atoms with Crippen LogP contribution in [0.1, 0.15) is 220 Å². The summed E-state index contributed by atoms with van der Waals surface area (Å²) in [5.41, 5.74) is 1.45. The number of hydrogen-bond donors (Lipinski definition) is 0. The molecule has 0 heterocycles. The molecule has 0 aromatic rings. The summed E-state index contributed by atoms with van der Waals surface area (Å²) in [5, 5.41) is 0. The lowest BCUT2D eigenvalue weighted by Gasteiger charge is -2.57. The Morgan fingerprint density at radius 1 is 0.436 bits per heavy atom. The molecule has 1 heteroatoms. The van der Waals surface area contributed by atoms with Gasteiger partial charge >= 0.3 is 0 Å². The highest BCUT2D eigenvalue weighted by Crippen LogP contribution is 2.64. The zero-order valence-corrected chi connectivity index (χ0v) is 37.1. The van der Waals surface area contributed by atoms with Gasteiger partial charge in [0.15, 0.2) is 0 Å². The molecule has 0 radical (unpaired) electrons. The van der Waals surface area contributed by atoms with Crippen LogP contribution in [0.4, 0.5) is 0 Å². The van der Waals surface area contributed by atoms with Gasteiger partial charge in [-0.2, -0.15) is 0 Å². The van der Waals surface area contributed by atoms with Crippen LogP contribution < -0.4 is 0 Å². The summed E-state index contributed by atoms with van der Waals surface area (Å²) in [6, 6.07) is 0. The standard InChI is InChI=1S/C54H90O/c1-5-9-19-45-21-25-49(26-22-45)53(35-15-13-16-36-53)51(33-11-7-3)39-29-47(30-40-51)43-55-44-48-31-41-52(42-32-48,34-12-8-4)54(37-17-14-18-38-54)50-27-23-46(24-28-50)20-10-6-2/h29-32,39-42,45-50H,5-28,33-38,43-44H2,1-4H3. The molecule has 4 saturated carbocycles. The molecule has 6 aliphatic rings. The average Bonchev–Trinajstić information content (AvgIpc) is 3.25. The van der Waals surface area contributed by atoms with Gasteiger partial charge in [-0.3, -0.25) is 0 Å². The molecule has 55 heavy (non-hydrogen) atoms. The van der Waals surface area contributed by atoms with E-state index in [1.54, 1.807) is 0 Å². The van der Waals surface area contributed by atoms with Crippen LogP contribution in [0.2, 0.25) is 0 Å². The van der Waals surface area contributed by atoms with Crippen LogP contribution in [0.3, 0.4) is 0 Å². The van der Waals surface area contributed by atoms with Crippen molar-refractivity contribution in [1.82, 2.24) is 0 Å². The van der Waals surface area contributed by atoms with E-state index in [4.69, 9.17) is 4.74 Å². The molecule has 0 amide bonds. The van der Waals surface area contributed by atoms with Crippen LogP contribution >= 0.6 is 0 Å². The Morgan fingerprint density at radius 2 is 0.782 bits per heavy atom. The Balaban J connectivity index is 1.09. The molecule has 1 nitrogen and oxygen atoms in total. The van der Waals surface area contributed by atoms with Gasteiger partial charge in [0.05, 0.1) is 13.2 Å². The first kappa shape index (κ1) is 43.5. The van der Waals surface area contributed by atoms with Crippen molar-refractivity contribution in [1.29, 1.82) is 0 Å². The third kappa shape index (κ3) is 10.0. The lowest BCUT2D eigenvalue weighted by Crippen LogP contribution is -2.48. The van der Waals surface area contributed by atoms with Crippen molar-refractivity contribution in [3.05, 3.63) is 48.6 Å². The highest BCUT2D eigenvalue weighted by atomic mass is 16.5. The summed E-state index contributed by atoms with van der Waals surface area (Å²) < 4.78 is 6.67. The number of hydrogen-bond acceptors (Lipinski definition) is 1. The fraction of sp³-hybridized carbons (Fsp3) is 0.852. The Morgan fingerprint density at radius 3 is 1.11 bits per heavy atom. The van der Waals surface area contributed by atoms with E-state index >= 15 is 0 Å². The maximum absolute atomic E-state index is 6.67. The second kappa shape index (κ2) is 21.3. The molecule has 6 aliphatic carbocycles. The van der Waals surface area contributed by atoms with Crippen LogP contribution in [-0.4, -0.2) is 13.2 Å². The largest absolute Gasteiger partial charge is 0.380 e. The molecule has 0 spiro atoms. The molecule has 0 saturated heterocycles. The van der Waals surface area contributed by atoms with E-state index in [0.29, 0.717) is 22.7 Å². The van der Waals surface area contributed by atoms with E-state index in [0.717, 1.165) is 36.9 Å². The van der Waals surface area contributed by atoms with E-state index in [1.807, 2.05) is 0 Å². The van der Waals surface area contributed by atoms with Crippen LogP contribution in [0.5, 0.6) is 0 Å². The molecule has 0 bridgehead atoms. The Hall–Kier alpha value is -1.08. The average molecular weight is 755 g/mol. The van der Waals surface area contributed by atoms with E-state index in [-0.39, 0.29) is 10.8 Å². The number of unbranched alkanes of at least 4 members (excludes halogenated alkanes) is 4. The molecule has 0 aliphatic heterocycles. The SMILES string of the molecule is CCCCC1CCC(C2(C3(CCCC)C=CC(COCC4C=CC(CCCC)(C5(C6CCC(CCCC)CC6)CCCCC5)C=C4)C=C3)CCCCC2)CC1. The monoisotopic (exact) mass is 755 g/mol. The van der Waals surface area contributed by atoms with Crippen molar-refractivity contribution >= 4 is 0 Å². The van der Waals surface area contributed by atoms with Crippen molar-refractivity contribution in [2.75, 3.05) is 13.2 Å². The lowest BCUT2D eigenvalue weighted by molar-refractivity contribution is -0.0294. The van der Waals surface area contributed by atoms with Crippen molar-refractivity contribution in [2.24, 2.45) is 57.2 Å². The zero-order chi connectivity index (χ0) is 38.5. The smallest absolute Gasteiger partial charge is 0.0563 e. The molecular formula is C54H90O. The summed E-state index contributed by atoms with van der Waals surface area (Å²) in [6.45, 7) is 11.2. The normalized spacial score (nSPS) is 35.9. The second-order valence-electron chi connectivity index (χ2n) is 20.7. The minimum atomic E-state index is 0.251. The number of rotatable bonds is 20. The fourth-order valence-electron chi connectivity index (χ4n) is 14.3. The fourth-order valence-corrected chi connectivity index (χ4v) is 14.3. The first-order valence-electron chi connectivity index (χ1n) is 25.3. The van der Waals surface area contributed by atoms with E-state index in [2.05, 4.69) is 76.3 Å². The van der Waals surface area contributed by atoms with Crippen molar-refractivity contribution in [2.45, 2.75) is 220 Å². The summed E-state index contributed by atoms with van der Waals surface area (Å²) >= 11 is 0. The van der Waals surface area contributed by atoms with Gasteiger partial charge in [-0.15, -0.1) is 0 Å². The first-order valence-corrected chi connectivity index (χ1v) is 25.3. The van der Waals surface area contributed by atoms with Crippen LogP contribution in [0, 0.1) is 57.2 Å². The second-order valence-corrected chi connectivity index (χ2v) is 20.7. The summed E-state index contributed by atoms with van der Waals surface area (Å²) in [4.78, 5) is 0. The van der Waals surface area contributed by atoms with E-state index in [9.17, 15) is 0 Å². The van der Waals surface area contributed by atoms with Crippen LogP contribution in [0.25, 0.3) is 0 Å². The molecule has 0 N–H and O–H groups in total. The molecule has 0 aromatic carbocycles. The quantitative estimate of drug-likeness (QED) is 0.112. The molecule has 0 unspecified atom stereocenters. The van der Waals surface area contributed by atoms with Gasteiger partial charge in [-0.1, -0.05) is 205 Å². The van der Waals surface area contributed by atoms with E-state index < -0.39 is 0 Å². The van der Waals surface area contributed by atoms with Gasteiger partial charge in [0.25, 0.3) is 0 Å². The lowest BCUT2D eigenvalue weighted by atomic mass is 9.47.